The summed E-state index contributed by atoms with van der Waals surface area (Å²) in [5.41, 5.74) is 9.91. The molecule has 0 saturated heterocycles. The van der Waals surface area contributed by atoms with Gasteiger partial charge in [0, 0.05) is 15.8 Å². The van der Waals surface area contributed by atoms with Crippen LogP contribution >= 0.6 is 15.9 Å². The van der Waals surface area contributed by atoms with E-state index in [0.29, 0.717) is 17.3 Å². The molecule has 0 aliphatic carbocycles. The van der Waals surface area contributed by atoms with Crippen molar-refractivity contribution in [1.29, 1.82) is 0 Å². The maximum atomic E-state index is 5.72. The van der Waals surface area contributed by atoms with Crippen molar-refractivity contribution in [1.82, 2.24) is 4.98 Å². The Balaban J connectivity index is 1.99. The molecule has 0 saturated carbocycles. The molecule has 96 valence electrons. The number of aromatic nitrogens is 1. The second-order valence-corrected chi connectivity index (χ2v) is 5.14. The minimum atomic E-state index is 0.460. The molecular formula is C14H12BrN3O. The summed E-state index contributed by atoms with van der Waals surface area (Å²) in [6.07, 6.45) is 0. The van der Waals surface area contributed by atoms with Gasteiger partial charge in [0.1, 0.15) is 5.52 Å². The Morgan fingerprint density at radius 1 is 1.26 bits per heavy atom. The molecule has 3 N–H and O–H groups in total. The van der Waals surface area contributed by atoms with E-state index in [1.165, 1.54) is 0 Å². The lowest BCUT2D eigenvalue weighted by molar-refractivity contribution is 0.623. The number of hydrogen-bond acceptors (Lipinski definition) is 4. The predicted octanol–water partition coefficient (Wildman–Crippen LogP) is 4.22. The summed E-state index contributed by atoms with van der Waals surface area (Å²) in [6.45, 7) is 2.02. The molecule has 1 aromatic heterocycles. The summed E-state index contributed by atoms with van der Waals surface area (Å²) in [6, 6.07) is 11.8. The Morgan fingerprint density at radius 2 is 2.11 bits per heavy atom. The van der Waals surface area contributed by atoms with E-state index in [1.54, 1.807) is 12.1 Å². The Labute approximate surface area is 118 Å². The van der Waals surface area contributed by atoms with E-state index >= 15 is 0 Å². The number of hydrogen-bond donors (Lipinski definition) is 2. The van der Waals surface area contributed by atoms with Crippen LogP contribution in [-0.4, -0.2) is 4.98 Å². The fourth-order valence-electron chi connectivity index (χ4n) is 1.86. The second kappa shape index (κ2) is 4.59. The molecule has 2 aromatic carbocycles. The van der Waals surface area contributed by atoms with Gasteiger partial charge in [-0.05, 0) is 42.8 Å². The first kappa shape index (κ1) is 12.0. The molecule has 5 heteroatoms. The van der Waals surface area contributed by atoms with Gasteiger partial charge in [0.05, 0.1) is 0 Å². The summed E-state index contributed by atoms with van der Waals surface area (Å²) in [5, 5.41) is 3.17. The van der Waals surface area contributed by atoms with E-state index < -0.39 is 0 Å². The Kier molecular flexibility index (Phi) is 2.91. The number of halogens is 1. The number of nitrogens with zero attached hydrogens (tertiary/aromatic N) is 1. The first-order valence-corrected chi connectivity index (χ1v) is 6.61. The van der Waals surface area contributed by atoms with Gasteiger partial charge in [0.15, 0.2) is 5.58 Å². The zero-order valence-electron chi connectivity index (χ0n) is 10.3. The third-order valence-corrected chi connectivity index (χ3v) is 3.78. The molecule has 0 fully saturated rings. The predicted molar refractivity (Wildman–Crippen MR) is 80.6 cm³/mol. The summed E-state index contributed by atoms with van der Waals surface area (Å²) >= 11 is 3.50. The van der Waals surface area contributed by atoms with Gasteiger partial charge < -0.3 is 15.5 Å². The number of benzene rings is 2. The van der Waals surface area contributed by atoms with Crippen molar-refractivity contribution in [2.45, 2.75) is 6.92 Å². The number of anilines is 3. The maximum absolute atomic E-state index is 5.72. The third kappa shape index (κ3) is 2.29. The molecule has 1 heterocycles. The molecule has 3 aromatic rings. The summed E-state index contributed by atoms with van der Waals surface area (Å²) in [7, 11) is 0. The highest BCUT2D eigenvalue weighted by atomic mass is 79.9. The van der Waals surface area contributed by atoms with Gasteiger partial charge >= 0.3 is 0 Å². The first-order valence-electron chi connectivity index (χ1n) is 5.82. The molecule has 0 atom stereocenters. The molecule has 0 radical (unpaired) electrons. The first-order chi connectivity index (χ1) is 9.13. The molecule has 0 unspecified atom stereocenters. The molecule has 4 nitrogen and oxygen atoms in total. The highest BCUT2D eigenvalue weighted by Crippen LogP contribution is 2.28. The molecule has 0 bridgehead atoms. The van der Waals surface area contributed by atoms with E-state index in [1.807, 2.05) is 31.2 Å². The van der Waals surface area contributed by atoms with Gasteiger partial charge in [-0.3, -0.25) is 0 Å². The maximum Gasteiger partial charge on any atom is 0.300 e. The lowest BCUT2D eigenvalue weighted by Crippen LogP contribution is -1.93. The van der Waals surface area contributed by atoms with Gasteiger partial charge in [-0.15, -0.1) is 0 Å². The van der Waals surface area contributed by atoms with Crippen LogP contribution in [0.25, 0.3) is 11.1 Å². The van der Waals surface area contributed by atoms with Crippen molar-refractivity contribution in [2.24, 2.45) is 0 Å². The van der Waals surface area contributed by atoms with Crippen LogP contribution in [0.5, 0.6) is 0 Å². The quantitative estimate of drug-likeness (QED) is 0.694. The standard InChI is InChI=1S/C14H12BrN3O/c1-8-10(15)3-2-4-11(8)17-14-18-12-7-9(16)5-6-13(12)19-14/h2-7H,16H2,1H3,(H,17,18). The van der Waals surface area contributed by atoms with Crippen molar-refractivity contribution >= 4 is 44.4 Å². The number of nitrogen functional groups attached to an aromatic ring is 1. The van der Waals surface area contributed by atoms with Crippen LogP contribution in [0.1, 0.15) is 5.56 Å². The minimum absolute atomic E-state index is 0.460. The molecular weight excluding hydrogens is 306 g/mol. The summed E-state index contributed by atoms with van der Waals surface area (Å²) in [5.74, 6) is 0. The third-order valence-electron chi connectivity index (χ3n) is 2.92. The number of rotatable bonds is 2. The molecule has 19 heavy (non-hydrogen) atoms. The van der Waals surface area contributed by atoms with Gasteiger partial charge in [-0.1, -0.05) is 22.0 Å². The van der Waals surface area contributed by atoms with E-state index in [2.05, 4.69) is 26.2 Å². The lowest BCUT2D eigenvalue weighted by Gasteiger charge is -2.06. The molecule has 0 spiro atoms. The highest BCUT2D eigenvalue weighted by molar-refractivity contribution is 9.10. The normalized spacial score (nSPS) is 10.8. The molecule has 0 aliphatic rings. The lowest BCUT2D eigenvalue weighted by atomic mass is 10.2. The number of nitrogens with two attached hydrogens (primary N) is 1. The smallest absolute Gasteiger partial charge is 0.300 e. The van der Waals surface area contributed by atoms with Gasteiger partial charge in [-0.25, -0.2) is 0 Å². The fourth-order valence-corrected chi connectivity index (χ4v) is 2.22. The number of fused-ring (bicyclic) bond motifs is 1. The largest absolute Gasteiger partial charge is 0.423 e. The second-order valence-electron chi connectivity index (χ2n) is 4.28. The Hall–Kier alpha value is -2.01. The van der Waals surface area contributed by atoms with Crippen molar-refractivity contribution in [3.8, 4) is 0 Å². The van der Waals surface area contributed by atoms with Crippen LogP contribution in [0, 0.1) is 6.92 Å². The Morgan fingerprint density at radius 3 is 2.95 bits per heavy atom. The number of nitrogens with one attached hydrogen (secondary N) is 1. The van der Waals surface area contributed by atoms with E-state index in [9.17, 15) is 0 Å². The van der Waals surface area contributed by atoms with Crippen molar-refractivity contribution in [3.63, 3.8) is 0 Å². The van der Waals surface area contributed by atoms with Crippen LogP contribution in [0.4, 0.5) is 17.4 Å². The van der Waals surface area contributed by atoms with Crippen molar-refractivity contribution < 1.29 is 4.42 Å². The topological polar surface area (TPSA) is 64.1 Å². The zero-order chi connectivity index (χ0) is 13.4. The van der Waals surface area contributed by atoms with Gasteiger partial charge in [0.2, 0.25) is 0 Å². The zero-order valence-corrected chi connectivity index (χ0v) is 11.9. The fraction of sp³-hybridized carbons (Fsp3) is 0.0714. The van der Waals surface area contributed by atoms with Crippen LogP contribution in [0.2, 0.25) is 0 Å². The Bertz CT molecular complexity index is 752. The summed E-state index contributed by atoms with van der Waals surface area (Å²) in [4.78, 5) is 4.37. The van der Waals surface area contributed by atoms with Crippen LogP contribution < -0.4 is 11.1 Å². The van der Waals surface area contributed by atoms with Crippen LogP contribution in [0.3, 0.4) is 0 Å². The van der Waals surface area contributed by atoms with Crippen LogP contribution in [0.15, 0.2) is 45.3 Å². The highest BCUT2D eigenvalue weighted by Gasteiger charge is 2.08. The monoisotopic (exact) mass is 317 g/mol. The van der Waals surface area contributed by atoms with E-state index in [0.717, 1.165) is 21.2 Å². The van der Waals surface area contributed by atoms with Crippen LogP contribution in [-0.2, 0) is 0 Å². The average Bonchev–Trinajstić information content (AvgIpc) is 2.76. The van der Waals surface area contributed by atoms with Crippen molar-refractivity contribution in [2.75, 3.05) is 11.1 Å². The molecule has 0 amide bonds. The minimum Gasteiger partial charge on any atom is -0.423 e. The number of oxazole rings is 1. The van der Waals surface area contributed by atoms with E-state index in [4.69, 9.17) is 10.2 Å². The van der Waals surface area contributed by atoms with Gasteiger partial charge in [-0.2, -0.15) is 4.98 Å². The van der Waals surface area contributed by atoms with Gasteiger partial charge in [0.25, 0.3) is 6.01 Å². The van der Waals surface area contributed by atoms with E-state index in [-0.39, 0.29) is 0 Å². The summed E-state index contributed by atoms with van der Waals surface area (Å²) < 4.78 is 6.67. The molecule has 0 aliphatic heterocycles. The molecule has 3 rings (SSSR count). The average molecular weight is 318 g/mol. The SMILES string of the molecule is Cc1c(Br)cccc1Nc1nc2cc(N)ccc2o1. The van der Waals surface area contributed by atoms with Crippen molar-refractivity contribution in [3.05, 3.63) is 46.4 Å².